The van der Waals surface area contributed by atoms with E-state index in [1.54, 1.807) is 12.4 Å². The molecule has 4 aromatic heterocycles. The molecule has 0 atom stereocenters. The van der Waals surface area contributed by atoms with Crippen molar-refractivity contribution < 1.29 is 20.1 Å². The molecule has 0 spiro atoms. The Morgan fingerprint density at radius 2 is 1.30 bits per heavy atom. The van der Waals surface area contributed by atoms with E-state index in [9.17, 15) is 0 Å². The second-order valence-corrected chi connectivity index (χ2v) is 9.67. The van der Waals surface area contributed by atoms with Crippen LogP contribution in [0.5, 0.6) is 0 Å². The van der Waals surface area contributed by atoms with Crippen LogP contribution in [0, 0.1) is 6.07 Å². The molecule has 0 aliphatic rings. The number of fused-ring (bicyclic) bond motifs is 6. The minimum absolute atomic E-state index is 0. The maximum Gasteiger partial charge on any atom is 3.00 e. The number of para-hydroxylation sites is 1. The number of imidazole rings is 1. The number of hydrogen-bond acceptors (Lipinski definition) is 4. The molecule has 0 saturated heterocycles. The molecule has 6 rings (SSSR count). The zero-order chi connectivity index (χ0) is 27.2. The number of aromatic nitrogens is 4. The third-order valence-corrected chi connectivity index (χ3v) is 6.06. The van der Waals surface area contributed by atoms with Crippen LogP contribution in [0.3, 0.4) is 0 Å². The van der Waals surface area contributed by atoms with Crippen molar-refractivity contribution in [3.63, 3.8) is 0 Å². The predicted octanol–water partition coefficient (Wildman–Crippen LogP) is 7.90. The maximum absolute atomic E-state index is 4.75. The van der Waals surface area contributed by atoms with E-state index in [-0.39, 0.29) is 38.5 Å². The average Bonchev–Trinajstić information content (AvgIpc) is 3.45. The first kappa shape index (κ1) is 29.3. The first-order chi connectivity index (χ1) is 19.0. The summed E-state index contributed by atoms with van der Waals surface area (Å²) < 4.78 is 2.12. The third kappa shape index (κ3) is 6.54. The normalized spacial score (nSPS) is 11.2. The standard InChI is InChI=1S/C17H23N5.C15H9N2.Ir/c1-13(2)20-17(21-14(3)4)22(15-9-5-7-11-18-15)16-10-6-8-12-19-16;1-2-7-13-11(5-1)12-6-3-4-8-14(12)17-10-9-16-15(13)17;/h5-14,17H,1-4H3;1-6,8-10H;/q-2;-1;+3. The van der Waals surface area contributed by atoms with Gasteiger partial charge >= 0.3 is 20.1 Å². The van der Waals surface area contributed by atoms with Crippen molar-refractivity contribution >= 4 is 39.0 Å². The van der Waals surface area contributed by atoms with Gasteiger partial charge in [-0.15, -0.1) is 41.7 Å². The molecule has 0 aliphatic carbocycles. The molecular weight excluding hydrogens is 675 g/mol. The average molecular weight is 707 g/mol. The van der Waals surface area contributed by atoms with E-state index >= 15 is 0 Å². The fourth-order valence-electron chi connectivity index (χ4n) is 4.49. The van der Waals surface area contributed by atoms with Crippen molar-refractivity contribution in [2.24, 2.45) is 0 Å². The first-order valence-corrected chi connectivity index (χ1v) is 13.2. The molecule has 0 aliphatic heterocycles. The van der Waals surface area contributed by atoms with Gasteiger partial charge in [0.1, 0.15) is 11.6 Å². The van der Waals surface area contributed by atoms with Gasteiger partial charge in [-0.2, -0.15) is 6.29 Å². The Hall–Kier alpha value is -3.68. The molecule has 4 heterocycles. The summed E-state index contributed by atoms with van der Waals surface area (Å²) in [6.45, 7) is 8.21. The van der Waals surface area contributed by atoms with Crippen molar-refractivity contribution in [2.75, 3.05) is 4.90 Å². The monoisotopic (exact) mass is 707 g/mol. The van der Waals surface area contributed by atoms with Crippen LogP contribution in [0.15, 0.2) is 104 Å². The molecule has 0 unspecified atom stereocenters. The van der Waals surface area contributed by atoms with Gasteiger partial charge in [-0.25, -0.2) is 9.97 Å². The Kier molecular flexibility index (Phi) is 9.96. The zero-order valence-corrected chi connectivity index (χ0v) is 25.4. The molecule has 7 nitrogen and oxygen atoms in total. The van der Waals surface area contributed by atoms with Crippen LogP contribution in [0.4, 0.5) is 11.6 Å². The summed E-state index contributed by atoms with van der Waals surface area (Å²) >= 11 is 0. The second-order valence-electron chi connectivity index (χ2n) is 9.67. The summed E-state index contributed by atoms with van der Waals surface area (Å²) in [7, 11) is 0. The molecular formula is C32H32IrN7. The van der Waals surface area contributed by atoms with Gasteiger partial charge in [0.2, 0.25) is 0 Å². The number of anilines is 2. The van der Waals surface area contributed by atoms with Crippen LogP contribution < -0.4 is 4.90 Å². The van der Waals surface area contributed by atoms with Crippen molar-refractivity contribution in [2.45, 2.75) is 46.1 Å². The van der Waals surface area contributed by atoms with E-state index in [1.807, 2.05) is 65.8 Å². The van der Waals surface area contributed by atoms with Crippen molar-refractivity contribution in [1.82, 2.24) is 19.4 Å². The van der Waals surface area contributed by atoms with Crippen LogP contribution >= 0.6 is 0 Å². The third-order valence-electron chi connectivity index (χ3n) is 6.06. The molecule has 0 saturated carbocycles. The Bertz CT molecular complexity index is 1520. The Morgan fingerprint density at radius 3 is 1.90 bits per heavy atom. The van der Waals surface area contributed by atoms with E-state index in [1.165, 1.54) is 16.3 Å². The summed E-state index contributed by atoms with van der Waals surface area (Å²) in [5, 5.41) is 13.0. The zero-order valence-electron chi connectivity index (χ0n) is 23.0. The minimum Gasteiger partial charge on any atom is -0.658 e. The first-order valence-electron chi connectivity index (χ1n) is 13.2. The number of nitrogens with zero attached hydrogens (tertiary/aromatic N) is 7. The largest absolute Gasteiger partial charge is 3.00 e. The van der Waals surface area contributed by atoms with Crippen molar-refractivity contribution in [3.8, 4) is 0 Å². The number of pyridine rings is 3. The van der Waals surface area contributed by atoms with Crippen LogP contribution in [0.2, 0.25) is 0 Å². The van der Waals surface area contributed by atoms with E-state index in [0.29, 0.717) is 0 Å². The predicted molar refractivity (Wildman–Crippen MR) is 160 cm³/mol. The molecule has 0 amide bonds. The number of hydrogen-bond donors (Lipinski definition) is 0. The molecule has 0 radical (unpaired) electrons. The molecule has 2 aromatic carbocycles. The van der Waals surface area contributed by atoms with Gasteiger partial charge in [0.05, 0.1) is 5.65 Å². The molecule has 0 bridgehead atoms. The van der Waals surface area contributed by atoms with Crippen LogP contribution in [-0.2, 0) is 20.1 Å². The smallest absolute Gasteiger partial charge is 0.658 e. The molecule has 0 fully saturated rings. The molecule has 0 N–H and O–H groups in total. The molecule has 8 heteroatoms. The summed E-state index contributed by atoms with van der Waals surface area (Å²) in [4.78, 5) is 15.3. The van der Waals surface area contributed by atoms with Gasteiger partial charge in [-0.3, -0.25) is 4.98 Å². The van der Waals surface area contributed by atoms with Gasteiger partial charge in [0.25, 0.3) is 0 Å². The van der Waals surface area contributed by atoms with E-state index in [2.05, 4.69) is 83.4 Å². The fourth-order valence-corrected chi connectivity index (χ4v) is 4.49. The SMILES string of the molecule is CC(C)[N-]C([N-]C(C)C)N(c1ccccn1)c1ccccn1.[Ir+3].[c-]1cccc2c1c1nccn1c1ccccc21. The van der Waals surface area contributed by atoms with Gasteiger partial charge in [0, 0.05) is 30.3 Å². The quantitative estimate of drug-likeness (QED) is 0.125. The fraction of sp³-hybridized carbons (Fsp3) is 0.219. The summed E-state index contributed by atoms with van der Waals surface area (Å²) in [6, 6.07) is 29.7. The van der Waals surface area contributed by atoms with Crippen LogP contribution in [0.25, 0.3) is 38.0 Å². The van der Waals surface area contributed by atoms with Crippen molar-refractivity contribution in [1.29, 1.82) is 0 Å². The van der Waals surface area contributed by atoms with E-state index < -0.39 is 0 Å². The van der Waals surface area contributed by atoms with Gasteiger partial charge in [-0.1, -0.05) is 63.4 Å². The Morgan fingerprint density at radius 1 is 0.700 bits per heavy atom. The maximum atomic E-state index is 4.75. The van der Waals surface area contributed by atoms with E-state index in [4.69, 9.17) is 10.6 Å². The van der Waals surface area contributed by atoms with Gasteiger partial charge in [0.15, 0.2) is 0 Å². The molecule has 6 aromatic rings. The summed E-state index contributed by atoms with van der Waals surface area (Å²) in [6.07, 6.45) is 7.03. The Labute approximate surface area is 249 Å². The van der Waals surface area contributed by atoms with Crippen LogP contribution in [-0.4, -0.2) is 37.7 Å². The second kappa shape index (κ2) is 13.6. The molecule has 40 heavy (non-hydrogen) atoms. The van der Waals surface area contributed by atoms with E-state index in [0.717, 1.165) is 22.7 Å². The van der Waals surface area contributed by atoms with Crippen molar-refractivity contribution in [3.05, 3.63) is 120 Å². The summed E-state index contributed by atoms with van der Waals surface area (Å²) in [5.41, 5.74) is 2.16. The summed E-state index contributed by atoms with van der Waals surface area (Å²) in [5.74, 6) is 1.58. The molecule has 204 valence electrons. The minimum atomic E-state index is -0.343. The number of benzene rings is 2. The Balaban J connectivity index is 0.000000185. The van der Waals surface area contributed by atoms with Crippen LogP contribution in [0.1, 0.15) is 27.7 Å². The van der Waals surface area contributed by atoms with Gasteiger partial charge < -0.3 is 19.9 Å². The van der Waals surface area contributed by atoms with Gasteiger partial charge in [-0.05, 0) is 35.7 Å². The topological polar surface area (TPSA) is 74.5 Å². The number of rotatable bonds is 7.